The molecule has 5 heteroatoms. The zero-order valence-electron chi connectivity index (χ0n) is 14.5. The highest BCUT2D eigenvalue weighted by Crippen LogP contribution is 2.38. The fraction of sp³-hybridized carbons (Fsp3) is 0.300. The summed E-state index contributed by atoms with van der Waals surface area (Å²) in [7, 11) is -3.49. The molecule has 2 aromatic rings. The van der Waals surface area contributed by atoms with Gasteiger partial charge >= 0.3 is 0 Å². The minimum Gasteiger partial charge on any atom is -0.366 e. The molecule has 1 fully saturated rings. The maximum Gasteiger partial charge on any atom is 0.240 e. The normalized spacial score (nSPS) is 22.4. The smallest absolute Gasteiger partial charge is 0.240 e. The Morgan fingerprint density at radius 1 is 1.12 bits per heavy atom. The summed E-state index contributed by atoms with van der Waals surface area (Å²) in [5.41, 5.74) is 2.93. The molecule has 1 atom stereocenters. The number of hydrogen-bond acceptors (Lipinski definition) is 3. The summed E-state index contributed by atoms with van der Waals surface area (Å²) in [6, 6.07) is 16.9. The molecular weight excluding hydrogens is 334 g/mol. The lowest BCUT2D eigenvalue weighted by molar-refractivity contribution is 0.0176. The van der Waals surface area contributed by atoms with Crippen molar-refractivity contribution in [2.75, 3.05) is 13.2 Å². The van der Waals surface area contributed by atoms with Gasteiger partial charge in [0.1, 0.15) is 0 Å². The predicted molar refractivity (Wildman–Crippen MR) is 98.8 cm³/mol. The molecule has 0 bridgehead atoms. The SMILES string of the molecule is Cc1ccc(S(=O)(=O)NC/C=C2\COC(C)(c3ccccc3)C2)cc1. The van der Waals surface area contributed by atoms with Crippen molar-refractivity contribution in [2.45, 2.75) is 30.8 Å². The van der Waals surface area contributed by atoms with Gasteiger partial charge in [0.25, 0.3) is 0 Å². The van der Waals surface area contributed by atoms with E-state index in [1.165, 1.54) is 0 Å². The topological polar surface area (TPSA) is 55.4 Å². The first-order valence-electron chi connectivity index (χ1n) is 8.33. The molecule has 2 aromatic carbocycles. The van der Waals surface area contributed by atoms with Gasteiger partial charge in [0.15, 0.2) is 0 Å². The molecule has 0 radical (unpaired) electrons. The van der Waals surface area contributed by atoms with Crippen LogP contribution in [0, 0.1) is 6.92 Å². The number of aryl methyl sites for hydroxylation is 1. The Hall–Kier alpha value is -1.95. The first-order valence-corrected chi connectivity index (χ1v) is 9.81. The summed E-state index contributed by atoms with van der Waals surface area (Å²) in [5, 5.41) is 0. The largest absolute Gasteiger partial charge is 0.366 e. The Morgan fingerprint density at radius 2 is 1.80 bits per heavy atom. The number of sulfonamides is 1. The Labute approximate surface area is 149 Å². The van der Waals surface area contributed by atoms with Crippen LogP contribution >= 0.6 is 0 Å². The van der Waals surface area contributed by atoms with Crippen LogP contribution in [0.1, 0.15) is 24.5 Å². The Bertz CT molecular complexity index is 858. The van der Waals surface area contributed by atoms with E-state index in [4.69, 9.17) is 4.74 Å². The Morgan fingerprint density at radius 3 is 2.48 bits per heavy atom. The molecule has 1 unspecified atom stereocenters. The van der Waals surface area contributed by atoms with E-state index in [1.54, 1.807) is 24.3 Å². The van der Waals surface area contributed by atoms with Gasteiger partial charge in [-0.3, -0.25) is 0 Å². The third kappa shape index (κ3) is 4.18. The van der Waals surface area contributed by atoms with Crippen molar-refractivity contribution in [2.24, 2.45) is 0 Å². The van der Waals surface area contributed by atoms with E-state index in [2.05, 4.69) is 23.8 Å². The van der Waals surface area contributed by atoms with E-state index in [0.29, 0.717) is 6.61 Å². The van der Waals surface area contributed by atoms with Crippen molar-refractivity contribution in [3.8, 4) is 0 Å². The summed E-state index contributed by atoms with van der Waals surface area (Å²) in [5.74, 6) is 0. The van der Waals surface area contributed by atoms with E-state index in [-0.39, 0.29) is 17.0 Å². The van der Waals surface area contributed by atoms with Gasteiger partial charge in [0, 0.05) is 13.0 Å². The van der Waals surface area contributed by atoms with Gasteiger partial charge in [0.2, 0.25) is 10.0 Å². The van der Waals surface area contributed by atoms with Crippen LogP contribution in [-0.2, 0) is 20.4 Å². The van der Waals surface area contributed by atoms with Crippen LogP contribution in [0.3, 0.4) is 0 Å². The molecule has 0 aliphatic carbocycles. The van der Waals surface area contributed by atoms with Crippen molar-refractivity contribution < 1.29 is 13.2 Å². The van der Waals surface area contributed by atoms with Crippen LogP contribution in [0.5, 0.6) is 0 Å². The fourth-order valence-electron chi connectivity index (χ4n) is 2.99. The molecule has 132 valence electrons. The van der Waals surface area contributed by atoms with Crippen molar-refractivity contribution in [1.29, 1.82) is 0 Å². The van der Waals surface area contributed by atoms with Crippen molar-refractivity contribution in [3.63, 3.8) is 0 Å². The van der Waals surface area contributed by atoms with Crippen molar-refractivity contribution in [3.05, 3.63) is 77.4 Å². The fourth-order valence-corrected chi connectivity index (χ4v) is 3.95. The highest BCUT2D eigenvalue weighted by molar-refractivity contribution is 7.89. The molecule has 0 amide bonds. The molecule has 1 heterocycles. The molecule has 1 N–H and O–H groups in total. The van der Waals surface area contributed by atoms with Crippen LogP contribution in [-0.4, -0.2) is 21.6 Å². The summed E-state index contributed by atoms with van der Waals surface area (Å²) < 4.78 is 33.2. The molecule has 4 nitrogen and oxygen atoms in total. The monoisotopic (exact) mass is 357 g/mol. The first kappa shape index (κ1) is 17.9. The zero-order valence-corrected chi connectivity index (χ0v) is 15.3. The molecule has 3 rings (SSSR count). The molecule has 1 saturated heterocycles. The van der Waals surface area contributed by atoms with Gasteiger partial charge in [-0.15, -0.1) is 0 Å². The van der Waals surface area contributed by atoms with Gasteiger partial charge in [0.05, 0.1) is 17.1 Å². The number of hydrogen-bond donors (Lipinski definition) is 1. The minimum atomic E-state index is -3.49. The molecule has 0 aromatic heterocycles. The second kappa shape index (κ2) is 7.12. The van der Waals surface area contributed by atoms with Crippen molar-refractivity contribution >= 4 is 10.0 Å². The third-order valence-corrected chi connectivity index (χ3v) is 5.96. The lowest BCUT2D eigenvalue weighted by atomic mass is 9.91. The molecule has 1 aliphatic rings. The predicted octanol–water partition coefficient (Wildman–Crippen LogP) is 3.54. The average molecular weight is 357 g/mol. The first-order chi connectivity index (χ1) is 11.9. The van der Waals surface area contributed by atoms with E-state index in [0.717, 1.165) is 23.1 Å². The van der Waals surface area contributed by atoms with Gasteiger partial charge in [-0.05, 0) is 37.1 Å². The van der Waals surface area contributed by atoms with Crippen LogP contribution in [0.4, 0.5) is 0 Å². The summed E-state index contributed by atoms with van der Waals surface area (Å²) >= 11 is 0. The highest BCUT2D eigenvalue weighted by Gasteiger charge is 2.34. The number of rotatable bonds is 5. The zero-order chi connectivity index (χ0) is 17.9. The number of ether oxygens (including phenoxy) is 1. The maximum absolute atomic E-state index is 12.3. The lowest BCUT2D eigenvalue weighted by Crippen LogP contribution is -2.24. The Kier molecular flexibility index (Phi) is 5.08. The van der Waals surface area contributed by atoms with E-state index < -0.39 is 10.0 Å². The van der Waals surface area contributed by atoms with Crippen LogP contribution in [0.25, 0.3) is 0 Å². The second-order valence-corrected chi connectivity index (χ2v) is 8.36. The van der Waals surface area contributed by atoms with Gasteiger partial charge in [-0.25, -0.2) is 13.1 Å². The Balaban J connectivity index is 1.63. The van der Waals surface area contributed by atoms with Gasteiger partial charge < -0.3 is 4.74 Å². The lowest BCUT2D eigenvalue weighted by Gasteiger charge is -2.23. The average Bonchev–Trinajstić information content (AvgIpc) is 2.98. The third-order valence-electron chi connectivity index (χ3n) is 4.52. The summed E-state index contributed by atoms with van der Waals surface area (Å²) in [6.45, 7) is 4.79. The quantitative estimate of drug-likeness (QED) is 0.833. The molecule has 1 aliphatic heterocycles. The van der Waals surface area contributed by atoms with E-state index >= 15 is 0 Å². The van der Waals surface area contributed by atoms with E-state index in [1.807, 2.05) is 31.2 Å². The number of nitrogens with one attached hydrogen (secondary N) is 1. The maximum atomic E-state index is 12.3. The minimum absolute atomic E-state index is 0.264. The second-order valence-electron chi connectivity index (χ2n) is 6.59. The summed E-state index contributed by atoms with van der Waals surface area (Å²) in [6.07, 6.45) is 2.68. The van der Waals surface area contributed by atoms with Crippen LogP contribution < -0.4 is 4.72 Å². The van der Waals surface area contributed by atoms with Crippen LogP contribution in [0.15, 0.2) is 71.1 Å². The van der Waals surface area contributed by atoms with Gasteiger partial charge in [-0.1, -0.05) is 54.1 Å². The molecule has 25 heavy (non-hydrogen) atoms. The molecule has 0 spiro atoms. The molecular formula is C20H23NO3S. The molecule has 0 saturated carbocycles. The standard InChI is InChI=1S/C20H23NO3S/c1-16-8-10-19(11-9-16)25(22,23)21-13-12-17-14-20(2,24-15-17)18-6-4-3-5-7-18/h3-12,21H,13-15H2,1-2H3/b17-12-. The summed E-state index contributed by atoms with van der Waals surface area (Å²) in [4.78, 5) is 0.285. The van der Waals surface area contributed by atoms with Crippen LogP contribution in [0.2, 0.25) is 0 Å². The van der Waals surface area contributed by atoms with Gasteiger partial charge in [-0.2, -0.15) is 0 Å². The number of benzene rings is 2. The highest BCUT2D eigenvalue weighted by atomic mass is 32.2. The van der Waals surface area contributed by atoms with Crippen molar-refractivity contribution in [1.82, 2.24) is 4.72 Å². The van der Waals surface area contributed by atoms with E-state index in [9.17, 15) is 8.42 Å².